The van der Waals surface area contributed by atoms with Crippen LogP contribution < -0.4 is 4.74 Å². The summed E-state index contributed by atoms with van der Waals surface area (Å²) >= 11 is 6.04. The van der Waals surface area contributed by atoms with Gasteiger partial charge in [0.25, 0.3) is 0 Å². The van der Waals surface area contributed by atoms with E-state index >= 15 is 0 Å². The topological polar surface area (TPSA) is 35.5 Å². The number of hydrogen-bond donors (Lipinski definition) is 0. The van der Waals surface area contributed by atoms with Crippen LogP contribution in [0.4, 0.5) is 0 Å². The number of ether oxygens (including phenoxy) is 2. The molecule has 0 bridgehead atoms. The van der Waals surface area contributed by atoms with Gasteiger partial charge >= 0.3 is 0 Å². The lowest BCUT2D eigenvalue weighted by molar-refractivity contribution is 0.0515. The fourth-order valence-corrected chi connectivity index (χ4v) is 1.97. The Morgan fingerprint density at radius 3 is 2.68 bits per heavy atom. The quantitative estimate of drug-likeness (QED) is 0.615. The average molecular weight is 277 g/mol. The Morgan fingerprint density at radius 2 is 2.00 bits per heavy atom. The van der Waals surface area contributed by atoms with Crippen LogP contribution in [0, 0.1) is 0 Å². The molecule has 0 saturated carbocycles. The van der Waals surface area contributed by atoms with E-state index in [2.05, 4.69) is 0 Å². The van der Waals surface area contributed by atoms with E-state index in [4.69, 9.17) is 21.1 Å². The summed E-state index contributed by atoms with van der Waals surface area (Å²) in [5.74, 6) is 0.708. The van der Waals surface area contributed by atoms with Crippen molar-refractivity contribution in [3.05, 3.63) is 53.1 Å². The molecular formula is C15H13ClO3. The minimum absolute atomic E-state index is 0.178. The van der Waals surface area contributed by atoms with Crippen LogP contribution in [0.3, 0.4) is 0 Å². The zero-order chi connectivity index (χ0) is 13.7. The number of carbonyl (C=O) groups is 1. The van der Waals surface area contributed by atoms with Gasteiger partial charge in [-0.25, -0.2) is 0 Å². The maximum absolute atomic E-state index is 10.8. The van der Waals surface area contributed by atoms with Gasteiger partial charge in [0.1, 0.15) is 5.75 Å². The number of hydrogen-bond acceptors (Lipinski definition) is 3. The molecule has 0 saturated heterocycles. The third-order valence-corrected chi connectivity index (χ3v) is 2.99. The van der Waals surface area contributed by atoms with Crippen LogP contribution in [0.1, 0.15) is 10.4 Å². The van der Waals surface area contributed by atoms with Crippen molar-refractivity contribution in [1.29, 1.82) is 0 Å². The molecule has 0 fully saturated rings. The summed E-state index contributed by atoms with van der Waals surface area (Å²) in [5, 5.41) is 0.425. The highest BCUT2D eigenvalue weighted by Gasteiger charge is 2.08. The second kappa shape index (κ2) is 6.36. The maximum atomic E-state index is 10.8. The van der Waals surface area contributed by atoms with E-state index in [1.807, 2.05) is 30.3 Å². The second-order valence-corrected chi connectivity index (χ2v) is 4.31. The first-order valence-corrected chi connectivity index (χ1v) is 6.10. The summed E-state index contributed by atoms with van der Waals surface area (Å²) in [5.41, 5.74) is 2.27. The van der Waals surface area contributed by atoms with Gasteiger partial charge in [-0.3, -0.25) is 4.79 Å². The minimum atomic E-state index is 0.178. The highest BCUT2D eigenvalue weighted by atomic mass is 35.5. The van der Waals surface area contributed by atoms with Crippen LogP contribution in [0.2, 0.25) is 5.02 Å². The molecule has 4 heteroatoms. The largest absolute Gasteiger partial charge is 0.467 e. The zero-order valence-electron chi connectivity index (χ0n) is 10.4. The second-order valence-electron chi connectivity index (χ2n) is 3.90. The van der Waals surface area contributed by atoms with E-state index in [1.165, 1.54) is 0 Å². The lowest BCUT2D eigenvalue weighted by Gasteiger charge is -2.11. The summed E-state index contributed by atoms with van der Waals surface area (Å²) in [6.45, 7) is 0.178. The van der Waals surface area contributed by atoms with Crippen LogP contribution in [0.5, 0.6) is 5.75 Å². The molecule has 0 aromatic heterocycles. The Hall–Kier alpha value is -1.84. The smallest absolute Gasteiger partial charge is 0.188 e. The van der Waals surface area contributed by atoms with E-state index in [1.54, 1.807) is 19.2 Å². The summed E-state index contributed by atoms with van der Waals surface area (Å²) in [4.78, 5) is 10.8. The number of halogens is 1. The van der Waals surface area contributed by atoms with Gasteiger partial charge in [0.2, 0.25) is 0 Å². The number of para-hydroxylation sites is 1. The first kappa shape index (κ1) is 13.6. The Balaban J connectivity index is 2.40. The molecule has 0 heterocycles. The highest BCUT2D eigenvalue weighted by Crippen LogP contribution is 2.32. The Bertz CT molecular complexity index is 581. The molecule has 0 N–H and O–H groups in total. The van der Waals surface area contributed by atoms with Crippen LogP contribution in [0.15, 0.2) is 42.5 Å². The van der Waals surface area contributed by atoms with Gasteiger partial charge in [-0.15, -0.1) is 0 Å². The highest BCUT2D eigenvalue weighted by molar-refractivity contribution is 6.33. The van der Waals surface area contributed by atoms with Gasteiger partial charge in [0.15, 0.2) is 13.1 Å². The third kappa shape index (κ3) is 3.13. The monoisotopic (exact) mass is 276 g/mol. The van der Waals surface area contributed by atoms with Crippen LogP contribution in [-0.2, 0) is 4.74 Å². The van der Waals surface area contributed by atoms with Gasteiger partial charge in [0, 0.05) is 18.2 Å². The first-order valence-electron chi connectivity index (χ1n) is 5.72. The average Bonchev–Trinajstić information content (AvgIpc) is 2.45. The number of methoxy groups -OCH3 is 1. The molecule has 2 aromatic carbocycles. The van der Waals surface area contributed by atoms with Crippen molar-refractivity contribution in [1.82, 2.24) is 0 Å². The van der Waals surface area contributed by atoms with Gasteiger partial charge < -0.3 is 9.47 Å². The van der Waals surface area contributed by atoms with Gasteiger partial charge in [-0.05, 0) is 23.8 Å². The molecule has 19 heavy (non-hydrogen) atoms. The van der Waals surface area contributed by atoms with Gasteiger partial charge in [-0.2, -0.15) is 0 Å². The third-order valence-electron chi connectivity index (χ3n) is 2.66. The molecule has 2 rings (SSSR count). The van der Waals surface area contributed by atoms with Gasteiger partial charge in [-0.1, -0.05) is 35.9 Å². The fourth-order valence-electron chi connectivity index (χ4n) is 1.74. The predicted molar refractivity (Wildman–Crippen MR) is 74.8 cm³/mol. The maximum Gasteiger partial charge on any atom is 0.188 e. The fraction of sp³-hybridized carbons (Fsp3) is 0.133. The van der Waals surface area contributed by atoms with Crippen LogP contribution >= 0.6 is 11.6 Å². The minimum Gasteiger partial charge on any atom is -0.467 e. The lowest BCUT2D eigenvalue weighted by atomic mass is 10.0. The van der Waals surface area contributed by atoms with E-state index < -0.39 is 0 Å². The molecule has 98 valence electrons. The Labute approximate surface area is 116 Å². The summed E-state index contributed by atoms with van der Waals surface area (Å²) in [6.07, 6.45) is 0.736. The van der Waals surface area contributed by atoms with Crippen molar-refractivity contribution in [3.8, 4) is 16.9 Å². The molecule has 2 aromatic rings. The number of aldehydes is 1. The summed E-state index contributed by atoms with van der Waals surface area (Å²) in [7, 11) is 1.57. The first-order chi connectivity index (χ1) is 9.26. The van der Waals surface area contributed by atoms with E-state index in [9.17, 15) is 4.79 Å². The van der Waals surface area contributed by atoms with Crippen molar-refractivity contribution in [2.75, 3.05) is 13.9 Å². The molecule has 3 nitrogen and oxygen atoms in total. The van der Waals surface area contributed by atoms with Crippen molar-refractivity contribution in [3.63, 3.8) is 0 Å². The van der Waals surface area contributed by atoms with Crippen molar-refractivity contribution >= 4 is 17.9 Å². The van der Waals surface area contributed by atoms with E-state index in [-0.39, 0.29) is 6.79 Å². The number of benzene rings is 2. The number of rotatable bonds is 5. The molecule has 0 aliphatic heterocycles. The predicted octanol–water partition coefficient (Wildman–Crippen LogP) is 3.80. The van der Waals surface area contributed by atoms with Crippen molar-refractivity contribution in [2.45, 2.75) is 0 Å². The molecule has 0 spiro atoms. The molecule has 0 atom stereocenters. The normalized spacial score (nSPS) is 10.2. The van der Waals surface area contributed by atoms with Gasteiger partial charge in [0.05, 0.1) is 5.02 Å². The Kier molecular flexibility index (Phi) is 4.55. The standard InChI is InChI=1S/C15H13ClO3/c1-18-10-19-15-5-3-2-4-13(15)11-6-7-12(9-17)14(16)8-11/h2-9H,10H2,1H3. The molecule has 0 aliphatic rings. The molecule has 0 amide bonds. The Morgan fingerprint density at radius 1 is 1.21 bits per heavy atom. The summed E-state index contributed by atoms with van der Waals surface area (Å²) < 4.78 is 10.4. The molecule has 0 aliphatic carbocycles. The van der Waals surface area contributed by atoms with Crippen LogP contribution in [0.25, 0.3) is 11.1 Å². The van der Waals surface area contributed by atoms with E-state index in [0.29, 0.717) is 16.3 Å². The van der Waals surface area contributed by atoms with E-state index in [0.717, 1.165) is 17.4 Å². The lowest BCUT2D eigenvalue weighted by Crippen LogP contribution is -2.00. The van der Waals surface area contributed by atoms with Crippen molar-refractivity contribution in [2.24, 2.45) is 0 Å². The van der Waals surface area contributed by atoms with Crippen molar-refractivity contribution < 1.29 is 14.3 Å². The number of carbonyl (C=O) groups excluding carboxylic acids is 1. The molecular weight excluding hydrogens is 264 g/mol. The molecule has 0 unspecified atom stereocenters. The zero-order valence-corrected chi connectivity index (χ0v) is 11.2. The SMILES string of the molecule is COCOc1ccccc1-c1ccc(C=O)c(Cl)c1. The summed E-state index contributed by atoms with van der Waals surface area (Å²) in [6, 6.07) is 12.9. The van der Waals surface area contributed by atoms with Crippen LogP contribution in [-0.4, -0.2) is 20.2 Å². The molecule has 0 radical (unpaired) electrons.